The van der Waals surface area contributed by atoms with E-state index in [1.54, 1.807) is 17.7 Å². The minimum Gasteiger partial charge on any atom is -0.318 e. The van der Waals surface area contributed by atoms with Gasteiger partial charge in [0.1, 0.15) is 0 Å². The summed E-state index contributed by atoms with van der Waals surface area (Å²) < 4.78 is 1.63. The molecule has 1 aromatic carbocycles. The Morgan fingerprint density at radius 3 is 2.81 bits per heavy atom. The van der Waals surface area contributed by atoms with Gasteiger partial charge in [0.15, 0.2) is 0 Å². The molecule has 0 bridgehead atoms. The average molecular weight is 282 g/mol. The van der Waals surface area contributed by atoms with Gasteiger partial charge in [-0.1, -0.05) is 24.3 Å². The summed E-state index contributed by atoms with van der Waals surface area (Å²) >= 11 is 0. The van der Waals surface area contributed by atoms with Gasteiger partial charge < -0.3 is 9.88 Å². The summed E-state index contributed by atoms with van der Waals surface area (Å²) in [6.07, 6.45) is 5.44. The molecule has 1 fully saturated rings. The van der Waals surface area contributed by atoms with Crippen LogP contribution in [0.2, 0.25) is 0 Å². The third-order valence-corrected chi connectivity index (χ3v) is 4.40. The molecule has 1 aliphatic heterocycles. The number of rotatable bonds is 3. The first-order valence-electron chi connectivity index (χ1n) is 7.57. The van der Waals surface area contributed by atoms with Gasteiger partial charge in [0.05, 0.1) is 0 Å². The van der Waals surface area contributed by atoms with Crippen molar-refractivity contribution >= 4 is 0 Å². The van der Waals surface area contributed by atoms with E-state index in [1.807, 2.05) is 12.3 Å². The molecule has 0 amide bonds. The molecule has 1 aromatic heterocycles. The molecule has 1 N–H and O–H groups in total. The zero-order valence-electron chi connectivity index (χ0n) is 12.7. The molecule has 1 aliphatic rings. The number of hydrogen-bond acceptors (Lipinski definition) is 2. The summed E-state index contributed by atoms with van der Waals surface area (Å²) in [6.45, 7) is 3.43. The van der Waals surface area contributed by atoms with E-state index >= 15 is 0 Å². The van der Waals surface area contributed by atoms with Crippen LogP contribution in [0.1, 0.15) is 25.3 Å². The molecule has 110 valence electrons. The van der Waals surface area contributed by atoms with Crippen LogP contribution in [0.3, 0.4) is 0 Å². The third-order valence-electron chi connectivity index (χ3n) is 4.40. The normalized spacial score (nSPS) is 21.6. The maximum absolute atomic E-state index is 11.5. The van der Waals surface area contributed by atoms with Gasteiger partial charge in [-0.05, 0) is 55.5 Å². The van der Waals surface area contributed by atoms with Gasteiger partial charge in [0, 0.05) is 24.8 Å². The highest BCUT2D eigenvalue weighted by molar-refractivity contribution is 5.63. The minimum atomic E-state index is 0.0255. The predicted octanol–water partition coefficient (Wildman–Crippen LogP) is 2.74. The van der Waals surface area contributed by atoms with Gasteiger partial charge in [-0.25, -0.2) is 0 Å². The highest BCUT2D eigenvalue weighted by Gasteiger charge is 2.27. The Labute approximate surface area is 125 Å². The number of aryl methyl sites for hydroxylation is 1. The number of benzene rings is 1. The molecule has 21 heavy (non-hydrogen) atoms. The van der Waals surface area contributed by atoms with E-state index in [-0.39, 0.29) is 11.1 Å². The van der Waals surface area contributed by atoms with Gasteiger partial charge in [0.25, 0.3) is 0 Å². The predicted molar refractivity (Wildman–Crippen MR) is 86.5 cm³/mol. The van der Waals surface area contributed by atoms with Crippen molar-refractivity contribution in [2.75, 3.05) is 6.54 Å². The molecule has 0 saturated carbocycles. The van der Waals surface area contributed by atoms with Crippen molar-refractivity contribution in [3.8, 4) is 11.1 Å². The quantitative estimate of drug-likeness (QED) is 0.939. The Kier molecular flexibility index (Phi) is 3.68. The Morgan fingerprint density at radius 2 is 2.10 bits per heavy atom. The Morgan fingerprint density at radius 1 is 1.24 bits per heavy atom. The fraction of sp³-hybridized carbons (Fsp3) is 0.389. The lowest BCUT2D eigenvalue weighted by atomic mass is 9.90. The van der Waals surface area contributed by atoms with E-state index in [0.717, 1.165) is 18.5 Å². The summed E-state index contributed by atoms with van der Waals surface area (Å²) in [7, 11) is 1.79. The van der Waals surface area contributed by atoms with Crippen LogP contribution in [-0.2, 0) is 13.5 Å². The van der Waals surface area contributed by atoms with Crippen molar-refractivity contribution in [1.82, 2.24) is 9.88 Å². The number of aromatic nitrogens is 1. The molecule has 1 saturated heterocycles. The average Bonchev–Trinajstić information content (AvgIpc) is 2.88. The second kappa shape index (κ2) is 5.49. The zero-order valence-corrected chi connectivity index (χ0v) is 12.7. The number of pyridine rings is 1. The molecule has 3 rings (SSSR count). The number of hydrogen-bond donors (Lipinski definition) is 1. The Balaban J connectivity index is 1.89. The van der Waals surface area contributed by atoms with E-state index in [1.165, 1.54) is 24.0 Å². The smallest absolute Gasteiger partial charge is 0.250 e. The standard InChI is InChI=1S/C18H22N2O/c1-18(9-4-10-19-18)12-14-5-3-6-15(11-14)16-7-8-17(21)20(2)13-16/h3,5-8,11,13,19H,4,9-10,12H2,1-2H3. The van der Waals surface area contributed by atoms with E-state index < -0.39 is 0 Å². The van der Waals surface area contributed by atoms with Gasteiger partial charge in [-0.15, -0.1) is 0 Å². The SMILES string of the molecule is Cn1cc(-c2cccc(CC3(C)CCCN3)c2)ccc1=O. The Bertz CT molecular complexity index is 696. The van der Waals surface area contributed by atoms with Gasteiger partial charge in [0.2, 0.25) is 5.56 Å². The van der Waals surface area contributed by atoms with Gasteiger partial charge in [-0.2, -0.15) is 0 Å². The fourth-order valence-electron chi connectivity index (χ4n) is 3.18. The Hall–Kier alpha value is -1.87. The van der Waals surface area contributed by atoms with Crippen molar-refractivity contribution < 1.29 is 0 Å². The largest absolute Gasteiger partial charge is 0.318 e. The third kappa shape index (κ3) is 3.08. The molecule has 0 spiro atoms. The maximum Gasteiger partial charge on any atom is 0.250 e. The minimum absolute atomic E-state index is 0.0255. The molecule has 3 nitrogen and oxygen atoms in total. The van der Waals surface area contributed by atoms with E-state index in [0.29, 0.717) is 0 Å². The van der Waals surface area contributed by atoms with Gasteiger partial charge >= 0.3 is 0 Å². The zero-order chi connectivity index (χ0) is 14.9. The molecule has 1 unspecified atom stereocenters. The fourth-order valence-corrected chi connectivity index (χ4v) is 3.18. The first-order valence-corrected chi connectivity index (χ1v) is 7.57. The number of nitrogens with one attached hydrogen (secondary N) is 1. The summed E-state index contributed by atoms with van der Waals surface area (Å²) in [5.41, 5.74) is 3.85. The first kappa shape index (κ1) is 14.1. The topological polar surface area (TPSA) is 34.0 Å². The summed E-state index contributed by atoms with van der Waals surface area (Å²) in [6, 6.07) is 12.2. The van der Waals surface area contributed by atoms with Gasteiger partial charge in [-0.3, -0.25) is 4.79 Å². The van der Waals surface area contributed by atoms with Crippen LogP contribution >= 0.6 is 0 Å². The summed E-state index contributed by atoms with van der Waals surface area (Å²) in [5, 5.41) is 3.61. The van der Waals surface area contributed by atoms with Crippen LogP contribution in [0.15, 0.2) is 47.4 Å². The highest BCUT2D eigenvalue weighted by Crippen LogP contribution is 2.26. The van der Waals surface area contributed by atoms with Crippen molar-refractivity contribution in [3.05, 3.63) is 58.5 Å². The summed E-state index contributed by atoms with van der Waals surface area (Å²) in [4.78, 5) is 11.5. The van der Waals surface area contributed by atoms with Crippen molar-refractivity contribution in [2.24, 2.45) is 7.05 Å². The van der Waals surface area contributed by atoms with Crippen molar-refractivity contribution in [2.45, 2.75) is 31.7 Å². The number of nitrogens with zero attached hydrogens (tertiary/aromatic N) is 1. The van der Waals surface area contributed by atoms with Crippen LogP contribution in [0.4, 0.5) is 0 Å². The molecular formula is C18H22N2O. The first-order chi connectivity index (χ1) is 10.1. The van der Waals surface area contributed by atoms with Crippen LogP contribution in [-0.4, -0.2) is 16.7 Å². The second-order valence-corrected chi connectivity index (χ2v) is 6.34. The van der Waals surface area contributed by atoms with Crippen LogP contribution in [0.5, 0.6) is 0 Å². The van der Waals surface area contributed by atoms with E-state index in [2.05, 4.69) is 36.5 Å². The summed E-state index contributed by atoms with van der Waals surface area (Å²) in [5.74, 6) is 0. The molecule has 1 atom stereocenters. The molecule has 2 heterocycles. The molecule has 2 aromatic rings. The van der Waals surface area contributed by atoms with Crippen LogP contribution in [0, 0.1) is 0 Å². The molecule has 0 radical (unpaired) electrons. The maximum atomic E-state index is 11.5. The molecular weight excluding hydrogens is 260 g/mol. The lowest BCUT2D eigenvalue weighted by Crippen LogP contribution is -2.38. The van der Waals surface area contributed by atoms with E-state index in [4.69, 9.17) is 0 Å². The van der Waals surface area contributed by atoms with E-state index in [9.17, 15) is 4.79 Å². The van der Waals surface area contributed by atoms with Crippen LogP contribution in [0.25, 0.3) is 11.1 Å². The molecule has 0 aliphatic carbocycles. The van der Waals surface area contributed by atoms with Crippen molar-refractivity contribution in [3.63, 3.8) is 0 Å². The molecule has 3 heteroatoms. The van der Waals surface area contributed by atoms with Crippen molar-refractivity contribution in [1.29, 1.82) is 0 Å². The lowest BCUT2D eigenvalue weighted by Gasteiger charge is -2.24. The highest BCUT2D eigenvalue weighted by atomic mass is 16.1. The van der Waals surface area contributed by atoms with Crippen LogP contribution < -0.4 is 10.9 Å². The lowest BCUT2D eigenvalue weighted by molar-refractivity contribution is 0.413. The monoisotopic (exact) mass is 282 g/mol. The second-order valence-electron chi connectivity index (χ2n) is 6.34.